The van der Waals surface area contributed by atoms with Crippen LogP contribution in [0.5, 0.6) is 0 Å². The Labute approximate surface area is 139 Å². The molecule has 2 aromatic rings. The maximum Gasteiger partial charge on any atom is 0.245 e. The molecule has 1 aliphatic rings. The topological polar surface area (TPSA) is 53.5 Å². The molecular formula is C17H19N3O2S. The minimum atomic E-state index is -0.443. The van der Waals surface area contributed by atoms with Crippen molar-refractivity contribution < 1.29 is 9.59 Å². The third-order valence-corrected chi connectivity index (χ3v) is 5.08. The summed E-state index contributed by atoms with van der Waals surface area (Å²) in [6.07, 6.45) is 0. The number of aromatic nitrogens is 1. The Kier molecular flexibility index (Phi) is 4.43. The third kappa shape index (κ3) is 3.27. The van der Waals surface area contributed by atoms with Gasteiger partial charge in [0.2, 0.25) is 11.8 Å². The number of carbonyl (C=O) groups excluding carboxylic acids is 2. The first-order valence-corrected chi connectivity index (χ1v) is 8.45. The average Bonchev–Trinajstić information content (AvgIpc) is 2.95. The van der Waals surface area contributed by atoms with Crippen molar-refractivity contribution in [1.82, 2.24) is 14.8 Å². The molecule has 23 heavy (non-hydrogen) atoms. The van der Waals surface area contributed by atoms with Crippen LogP contribution >= 0.6 is 11.3 Å². The zero-order valence-corrected chi connectivity index (χ0v) is 14.0. The van der Waals surface area contributed by atoms with E-state index in [-0.39, 0.29) is 18.4 Å². The molecule has 1 aliphatic heterocycles. The smallest absolute Gasteiger partial charge is 0.245 e. The fourth-order valence-electron chi connectivity index (χ4n) is 2.74. The molecule has 0 saturated carbocycles. The zero-order valence-electron chi connectivity index (χ0n) is 13.2. The van der Waals surface area contributed by atoms with Gasteiger partial charge in [-0.3, -0.25) is 9.59 Å². The Morgan fingerprint density at radius 1 is 1.22 bits per heavy atom. The molecule has 0 bridgehead atoms. The number of thiazole rings is 1. The van der Waals surface area contributed by atoms with Crippen LogP contribution in [0.15, 0.2) is 35.8 Å². The first kappa shape index (κ1) is 15.7. The van der Waals surface area contributed by atoms with E-state index >= 15 is 0 Å². The first-order valence-electron chi connectivity index (χ1n) is 7.57. The van der Waals surface area contributed by atoms with Gasteiger partial charge < -0.3 is 9.80 Å². The third-order valence-electron chi connectivity index (χ3n) is 4.16. The second kappa shape index (κ2) is 6.50. The number of carbonyl (C=O) groups is 2. The molecule has 120 valence electrons. The van der Waals surface area contributed by atoms with Crippen LogP contribution in [0.1, 0.15) is 23.1 Å². The molecule has 0 aliphatic carbocycles. The predicted octanol–water partition coefficient (Wildman–Crippen LogP) is 2.21. The number of amides is 2. The molecule has 2 amide bonds. The average molecular weight is 329 g/mol. The summed E-state index contributed by atoms with van der Waals surface area (Å²) in [5.74, 6) is -0.0172. The molecule has 1 saturated heterocycles. The fraction of sp³-hybridized carbons (Fsp3) is 0.353. The quantitative estimate of drug-likeness (QED) is 0.864. The summed E-state index contributed by atoms with van der Waals surface area (Å²) in [5, 5.41) is 0. The highest BCUT2D eigenvalue weighted by Crippen LogP contribution is 2.21. The highest BCUT2D eigenvalue weighted by Gasteiger charge is 2.36. The lowest BCUT2D eigenvalue weighted by Gasteiger charge is -2.38. The Morgan fingerprint density at radius 2 is 1.96 bits per heavy atom. The summed E-state index contributed by atoms with van der Waals surface area (Å²) in [6.45, 7) is 4.79. The lowest BCUT2D eigenvalue weighted by Crippen LogP contribution is -2.57. The van der Waals surface area contributed by atoms with E-state index in [2.05, 4.69) is 4.98 Å². The number of aryl methyl sites for hydroxylation is 1. The zero-order chi connectivity index (χ0) is 16.4. The van der Waals surface area contributed by atoms with Crippen molar-refractivity contribution >= 4 is 23.2 Å². The minimum Gasteiger partial charge on any atom is -0.327 e. The van der Waals surface area contributed by atoms with Crippen molar-refractivity contribution in [1.29, 1.82) is 0 Å². The maximum atomic E-state index is 12.6. The Balaban J connectivity index is 1.73. The normalized spacial score (nSPS) is 18.6. The maximum absolute atomic E-state index is 12.6. The van der Waals surface area contributed by atoms with Gasteiger partial charge in [-0.1, -0.05) is 30.3 Å². The molecule has 1 aromatic carbocycles. The van der Waals surface area contributed by atoms with Crippen LogP contribution in [0, 0.1) is 6.92 Å². The molecule has 5 nitrogen and oxygen atoms in total. The summed E-state index contributed by atoms with van der Waals surface area (Å²) in [7, 11) is 0. The van der Waals surface area contributed by atoms with Gasteiger partial charge in [0.15, 0.2) is 0 Å². The van der Waals surface area contributed by atoms with E-state index in [0.717, 1.165) is 16.1 Å². The number of rotatable bonds is 4. The number of hydrogen-bond acceptors (Lipinski definition) is 4. The monoisotopic (exact) mass is 329 g/mol. The van der Waals surface area contributed by atoms with Crippen molar-refractivity contribution in [3.63, 3.8) is 0 Å². The number of benzene rings is 1. The largest absolute Gasteiger partial charge is 0.327 e. The summed E-state index contributed by atoms with van der Waals surface area (Å²) in [6, 6.07) is 9.31. The molecule has 1 atom stereocenters. The summed E-state index contributed by atoms with van der Waals surface area (Å²) in [4.78, 5) is 33.7. The van der Waals surface area contributed by atoms with E-state index in [0.29, 0.717) is 13.1 Å². The van der Waals surface area contributed by atoms with Gasteiger partial charge in [-0.25, -0.2) is 4.98 Å². The standard InChI is InChI=1S/C17H19N3O2S/c1-12-15(23-11-18-12)9-20-13(2)17(22)19(10-16(20)21)8-14-6-4-3-5-7-14/h3-7,11,13H,8-10H2,1-2H3/t13-/m1/s1. The molecule has 0 unspecified atom stereocenters. The number of hydrogen-bond donors (Lipinski definition) is 0. The van der Waals surface area contributed by atoms with Crippen LogP contribution < -0.4 is 0 Å². The molecule has 6 heteroatoms. The molecule has 1 aromatic heterocycles. The van der Waals surface area contributed by atoms with Gasteiger partial charge in [0.1, 0.15) is 12.6 Å². The lowest BCUT2D eigenvalue weighted by atomic mass is 10.1. The second-order valence-electron chi connectivity index (χ2n) is 5.74. The predicted molar refractivity (Wildman–Crippen MR) is 88.7 cm³/mol. The minimum absolute atomic E-state index is 0.00405. The Bertz CT molecular complexity index is 714. The van der Waals surface area contributed by atoms with Crippen molar-refractivity contribution in [2.45, 2.75) is 33.0 Å². The van der Waals surface area contributed by atoms with E-state index in [4.69, 9.17) is 0 Å². The SMILES string of the molecule is Cc1ncsc1CN1C(=O)CN(Cc2ccccc2)C(=O)[C@H]1C. The van der Waals surface area contributed by atoms with Crippen molar-refractivity contribution in [3.8, 4) is 0 Å². The van der Waals surface area contributed by atoms with Crippen LogP contribution in [-0.2, 0) is 22.7 Å². The highest BCUT2D eigenvalue weighted by atomic mass is 32.1. The van der Waals surface area contributed by atoms with E-state index < -0.39 is 6.04 Å². The molecule has 0 spiro atoms. The van der Waals surface area contributed by atoms with Gasteiger partial charge >= 0.3 is 0 Å². The molecule has 2 heterocycles. The fourth-order valence-corrected chi connectivity index (χ4v) is 3.52. The van der Waals surface area contributed by atoms with Gasteiger partial charge in [-0.05, 0) is 19.4 Å². The molecule has 0 radical (unpaired) electrons. The number of piperazine rings is 1. The number of nitrogens with zero attached hydrogens (tertiary/aromatic N) is 3. The van der Waals surface area contributed by atoms with E-state index in [1.54, 1.807) is 22.2 Å². The molecular weight excluding hydrogens is 310 g/mol. The molecule has 0 N–H and O–H groups in total. The molecule has 3 rings (SSSR count). The van der Waals surface area contributed by atoms with Crippen LogP contribution in [0.4, 0.5) is 0 Å². The van der Waals surface area contributed by atoms with Gasteiger partial charge in [0.25, 0.3) is 0 Å². The van der Waals surface area contributed by atoms with Gasteiger partial charge in [-0.15, -0.1) is 11.3 Å². The Hall–Kier alpha value is -2.21. The van der Waals surface area contributed by atoms with Crippen molar-refractivity contribution in [3.05, 3.63) is 52.0 Å². The summed E-state index contributed by atoms with van der Waals surface area (Å²) >= 11 is 1.52. The van der Waals surface area contributed by atoms with Gasteiger partial charge in [0, 0.05) is 11.4 Å². The van der Waals surface area contributed by atoms with Crippen LogP contribution in [0.2, 0.25) is 0 Å². The summed E-state index contributed by atoms with van der Waals surface area (Å²) < 4.78 is 0. The van der Waals surface area contributed by atoms with Crippen molar-refractivity contribution in [2.24, 2.45) is 0 Å². The van der Waals surface area contributed by atoms with E-state index in [1.165, 1.54) is 11.3 Å². The van der Waals surface area contributed by atoms with Gasteiger partial charge in [-0.2, -0.15) is 0 Å². The first-order chi connectivity index (χ1) is 11.1. The Morgan fingerprint density at radius 3 is 2.61 bits per heavy atom. The van der Waals surface area contributed by atoms with Crippen molar-refractivity contribution in [2.75, 3.05) is 6.54 Å². The highest BCUT2D eigenvalue weighted by molar-refractivity contribution is 7.09. The summed E-state index contributed by atoms with van der Waals surface area (Å²) in [5.41, 5.74) is 3.73. The van der Waals surface area contributed by atoms with Gasteiger partial charge in [0.05, 0.1) is 17.7 Å². The van der Waals surface area contributed by atoms with Crippen LogP contribution in [0.25, 0.3) is 0 Å². The second-order valence-corrected chi connectivity index (χ2v) is 6.68. The van der Waals surface area contributed by atoms with Crippen LogP contribution in [-0.4, -0.2) is 39.2 Å². The van der Waals surface area contributed by atoms with E-state index in [9.17, 15) is 9.59 Å². The van der Waals surface area contributed by atoms with Crippen LogP contribution in [0.3, 0.4) is 0 Å². The lowest BCUT2D eigenvalue weighted by molar-refractivity contribution is -0.156. The van der Waals surface area contributed by atoms with E-state index in [1.807, 2.05) is 37.3 Å². The molecule has 1 fully saturated rings.